The number of nitrogen functional groups attached to an aromatic ring is 1. The first-order valence-electron chi connectivity index (χ1n) is 2.83. The molecule has 11 heavy (non-hydrogen) atoms. The van der Waals surface area contributed by atoms with Crippen molar-refractivity contribution in [1.29, 1.82) is 0 Å². The van der Waals surface area contributed by atoms with Gasteiger partial charge in [-0.25, -0.2) is 4.39 Å². The molecular weight excluding hydrogens is 169 g/mol. The van der Waals surface area contributed by atoms with Crippen LogP contribution >= 0.6 is 12.4 Å². The van der Waals surface area contributed by atoms with Gasteiger partial charge in [-0.3, -0.25) is 0 Å². The maximum atomic E-state index is 12.4. The third kappa shape index (κ3) is 2.27. The smallest absolute Gasteiger partial charge is 0.144 e. The molecule has 0 bridgehead atoms. The molecule has 2 N–H and O–H groups in total. The summed E-state index contributed by atoms with van der Waals surface area (Å²) < 4.78 is 17.2. The highest BCUT2D eigenvalue weighted by Crippen LogP contribution is 2.20. The second-order valence-electron chi connectivity index (χ2n) is 1.89. The standard InChI is InChI=1S/C7H8FNO.ClH/c1-10-7-4-5(8)2-3-6(7)9;/h2-4H,9H2,1H3;1H. The van der Waals surface area contributed by atoms with Gasteiger partial charge < -0.3 is 10.5 Å². The van der Waals surface area contributed by atoms with E-state index in [2.05, 4.69) is 0 Å². The Kier molecular flexibility index (Phi) is 3.68. The van der Waals surface area contributed by atoms with Gasteiger partial charge in [-0.1, -0.05) is 0 Å². The molecule has 0 radical (unpaired) electrons. The third-order valence-electron chi connectivity index (χ3n) is 1.20. The van der Waals surface area contributed by atoms with Gasteiger partial charge in [0.2, 0.25) is 0 Å². The molecule has 0 aliphatic rings. The molecule has 0 aliphatic heterocycles. The lowest BCUT2D eigenvalue weighted by molar-refractivity contribution is 0.413. The zero-order valence-electron chi connectivity index (χ0n) is 6.00. The molecule has 0 aromatic heterocycles. The van der Waals surface area contributed by atoms with Crippen LogP contribution in [0, 0.1) is 5.82 Å². The van der Waals surface area contributed by atoms with Gasteiger partial charge in [0.05, 0.1) is 12.8 Å². The van der Waals surface area contributed by atoms with E-state index in [-0.39, 0.29) is 18.2 Å². The Labute approximate surface area is 70.6 Å². The van der Waals surface area contributed by atoms with E-state index in [0.717, 1.165) is 0 Å². The van der Waals surface area contributed by atoms with Crippen LogP contribution in [-0.4, -0.2) is 7.11 Å². The Morgan fingerprint density at radius 2 is 2.09 bits per heavy atom. The molecule has 1 rings (SSSR count). The van der Waals surface area contributed by atoms with Gasteiger partial charge in [-0.2, -0.15) is 0 Å². The van der Waals surface area contributed by atoms with Gasteiger partial charge in [0, 0.05) is 6.07 Å². The lowest BCUT2D eigenvalue weighted by Crippen LogP contribution is -1.92. The minimum Gasteiger partial charge on any atom is -0.494 e. The van der Waals surface area contributed by atoms with Crippen LogP contribution in [-0.2, 0) is 0 Å². The largest absolute Gasteiger partial charge is 0.494 e. The maximum Gasteiger partial charge on any atom is 0.144 e. The Morgan fingerprint density at radius 1 is 1.45 bits per heavy atom. The predicted molar refractivity (Wildman–Crippen MR) is 44.6 cm³/mol. The Balaban J connectivity index is 0.000001000. The van der Waals surface area contributed by atoms with E-state index in [1.165, 1.54) is 25.3 Å². The van der Waals surface area contributed by atoms with Crippen LogP contribution in [0.2, 0.25) is 0 Å². The van der Waals surface area contributed by atoms with E-state index >= 15 is 0 Å². The van der Waals surface area contributed by atoms with E-state index in [4.69, 9.17) is 10.5 Å². The number of rotatable bonds is 1. The molecule has 0 heterocycles. The molecule has 0 saturated heterocycles. The van der Waals surface area contributed by atoms with Crippen LogP contribution in [0.15, 0.2) is 18.2 Å². The fourth-order valence-corrected chi connectivity index (χ4v) is 0.685. The molecule has 0 amide bonds. The van der Waals surface area contributed by atoms with Crippen LogP contribution in [0.4, 0.5) is 10.1 Å². The highest BCUT2D eigenvalue weighted by molar-refractivity contribution is 5.85. The van der Waals surface area contributed by atoms with Gasteiger partial charge >= 0.3 is 0 Å². The van der Waals surface area contributed by atoms with Crippen molar-refractivity contribution in [2.45, 2.75) is 0 Å². The van der Waals surface area contributed by atoms with Gasteiger partial charge in [0.1, 0.15) is 11.6 Å². The zero-order chi connectivity index (χ0) is 7.56. The quantitative estimate of drug-likeness (QED) is 0.665. The van der Waals surface area contributed by atoms with Crippen molar-refractivity contribution in [2.75, 3.05) is 12.8 Å². The number of hydrogen-bond acceptors (Lipinski definition) is 2. The van der Waals surface area contributed by atoms with E-state index in [1.54, 1.807) is 0 Å². The van der Waals surface area contributed by atoms with Gasteiger partial charge in [0.15, 0.2) is 0 Å². The SMILES string of the molecule is COc1cc(F)ccc1N.Cl. The Hall–Kier alpha value is -0.960. The first-order chi connectivity index (χ1) is 4.74. The first-order valence-corrected chi connectivity index (χ1v) is 2.83. The van der Waals surface area contributed by atoms with Crippen LogP contribution < -0.4 is 10.5 Å². The van der Waals surface area contributed by atoms with Crippen molar-refractivity contribution in [3.05, 3.63) is 24.0 Å². The fraction of sp³-hybridized carbons (Fsp3) is 0.143. The first kappa shape index (κ1) is 10.0. The van der Waals surface area contributed by atoms with Gasteiger partial charge in [-0.05, 0) is 12.1 Å². The van der Waals surface area contributed by atoms with Gasteiger partial charge in [-0.15, -0.1) is 12.4 Å². The number of nitrogens with two attached hydrogens (primary N) is 1. The molecule has 1 aromatic carbocycles. The van der Waals surface area contributed by atoms with E-state index in [1.807, 2.05) is 0 Å². The molecule has 0 atom stereocenters. The number of hydrogen-bond donors (Lipinski definition) is 1. The van der Waals surface area contributed by atoms with Crippen LogP contribution in [0.5, 0.6) is 5.75 Å². The van der Waals surface area contributed by atoms with Crippen molar-refractivity contribution >= 4 is 18.1 Å². The molecule has 0 fully saturated rings. The highest BCUT2D eigenvalue weighted by atomic mass is 35.5. The lowest BCUT2D eigenvalue weighted by Gasteiger charge is -2.01. The summed E-state index contributed by atoms with van der Waals surface area (Å²) in [5.74, 6) is 0.0334. The summed E-state index contributed by atoms with van der Waals surface area (Å²) in [4.78, 5) is 0. The monoisotopic (exact) mass is 177 g/mol. The molecule has 0 unspecified atom stereocenters. The minimum absolute atomic E-state index is 0. The third-order valence-corrected chi connectivity index (χ3v) is 1.20. The van der Waals surface area contributed by atoms with E-state index in [9.17, 15) is 4.39 Å². The summed E-state index contributed by atoms with van der Waals surface area (Å²) in [6.07, 6.45) is 0. The number of anilines is 1. The summed E-state index contributed by atoms with van der Waals surface area (Å²) >= 11 is 0. The normalized spacial score (nSPS) is 8.55. The van der Waals surface area contributed by atoms with Crippen molar-refractivity contribution in [3.8, 4) is 5.75 Å². The van der Waals surface area contributed by atoms with Crippen LogP contribution in [0.25, 0.3) is 0 Å². The van der Waals surface area contributed by atoms with Crippen molar-refractivity contribution in [2.24, 2.45) is 0 Å². The van der Waals surface area contributed by atoms with Crippen LogP contribution in [0.1, 0.15) is 0 Å². The van der Waals surface area contributed by atoms with E-state index in [0.29, 0.717) is 11.4 Å². The lowest BCUT2D eigenvalue weighted by atomic mass is 10.3. The second-order valence-corrected chi connectivity index (χ2v) is 1.89. The van der Waals surface area contributed by atoms with Crippen molar-refractivity contribution < 1.29 is 9.13 Å². The molecule has 0 aliphatic carbocycles. The Morgan fingerprint density at radius 3 is 2.55 bits per heavy atom. The summed E-state index contributed by atoms with van der Waals surface area (Å²) in [6, 6.07) is 4.00. The average Bonchev–Trinajstić information content (AvgIpc) is 1.94. The number of benzene rings is 1. The summed E-state index contributed by atoms with van der Waals surface area (Å²) in [7, 11) is 1.45. The molecular formula is C7H9ClFNO. The molecule has 2 nitrogen and oxygen atoms in total. The average molecular weight is 178 g/mol. The second kappa shape index (κ2) is 4.03. The van der Waals surface area contributed by atoms with Crippen molar-refractivity contribution in [1.82, 2.24) is 0 Å². The molecule has 4 heteroatoms. The number of methoxy groups -OCH3 is 1. The molecule has 0 saturated carbocycles. The van der Waals surface area contributed by atoms with Gasteiger partial charge in [0.25, 0.3) is 0 Å². The topological polar surface area (TPSA) is 35.2 Å². The molecule has 0 spiro atoms. The minimum atomic E-state index is -0.342. The zero-order valence-corrected chi connectivity index (χ0v) is 6.82. The molecule has 62 valence electrons. The summed E-state index contributed by atoms with van der Waals surface area (Å²) in [6.45, 7) is 0. The summed E-state index contributed by atoms with van der Waals surface area (Å²) in [5.41, 5.74) is 5.86. The van der Waals surface area contributed by atoms with E-state index < -0.39 is 0 Å². The number of ether oxygens (including phenoxy) is 1. The Bertz CT molecular complexity index is 242. The maximum absolute atomic E-state index is 12.4. The fourth-order valence-electron chi connectivity index (χ4n) is 0.685. The predicted octanol–water partition coefficient (Wildman–Crippen LogP) is 1.84. The highest BCUT2D eigenvalue weighted by Gasteiger charge is 1.98. The number of halogens is 2. The summed E-state index contributed by atoms with van der Waals surface area (Å²) in [5, 5.41) is 0. The molecule has 1 aromatic rings. The van der Waals surface area contributed by atoms with Crippen molar-refractivity contribution in [3.63, 3.8) is 0 Å². The van der Waals surface area contributed by atoms with Crippen LogP contribution in [0.3, 0.4) is 0 Å².